The smallest absolute Gasteiger partial charge is 0.0622 e. The minimum Gasteiger partial charge on any atom is -0.0622 e. The Bertz CT molecular complexity index is 2220. The highest BCUT2D eigenvalue weighted by atomic mass is 14.2. The summed E-state index contributed by atoms with van der Waals surface area (Å²) in [5.74, 6) is 0. The van der Waals surface area contributed by atoms with Gasteiger partial charge >= 0.3 is 0 Å². The molecule has 0 nitrogen and oxygen atoms in total. The minimum absolute atomic E-state index is 0.523. The van der Waals surface area contributed by atoms with Gasteiger partial charge in [-0.05, 0) is 82.5 Å². The zero-order valence-electron chi connectivity index (χ0n) is 22.9. The molecule has 0 radical (unpaired) electrons. The van der Waals surface area contributed by atoms with Crippen molar-refractivity contribution in [3.05, 3.63) is 158 Å². The lowest BCUT2D eigenvalue weighted by molar-refractivity contribution is 1.65. The van der Waals surface area contributed by atoms with Crippen molar-refractivity contribution in [2.45, 2.75) is 0 Å². The van der Waals surface area contributed by atoms with E-state index in [0.29, 0.717) is 6.04 Å². The summed E-state index contributed by atoms with van der Waals surface area (Å²) in [5.41, 5.74) is 7.22. The number of benzene rings is 8. The molecule has 0 saturated carbocycles. The van der Waals surface area contributed by atoms with Gasteiger partial charge in [0, 0.05) is 0 Å². The van der Waals surface area contributed by atoms with E-state index in [2.05, 4.69) is 133 Å². The van der Waals surface area contributed by atoms with E-state index in [1.807, 2.05) is 18.2 Å². The van der Waals surface area contributed by atoms with Gasteiger partial charge in [-0.25, -0.2) is 0 Å². The van der Waals surface area contributed by atoms with Gasteiger partial charge in [0.1, 0.15) is 0 Å². The van der Waals surface area contributed by atoms with E-state index in [-0.39, 0.29) is 0 Å². The van der Waals surface area contributed by atoms with Crippen LogP contribution in [0.25, 0.3) is 76.5 Å². The monoisotopic (exact) mass is 507 g/mol. The molecule has 0 aromatic heterocycles. The second-order valence-corrected chi connectivity index (χ2v) is 10.4. The molecular formula is C40H26. The van der Waals surface area contributed by atoms with E-state index in [9.17, 15) is 0 Å². The summed E-state index contributed by atoms with van der Waals surface area (Å²) in [7, 11) is 0. The highest BCUT2D eigenvalue weighted by molar-refractivity contribution is 6.24. The fraction of sp³-hybridized carbons (Fsp3) is 0. The molecule has 8 aromatic carbocycles. The molecule has 0 heterocycles. The van der Waals surface area contributed by atoms with Gasteiger partial charge in [0.15, 0.2) is 0 Å². The molecule has 0 amide bonds. The van der Waals surface area contributed by atoms with Crippen LogP contribution >= 0.6 is 0 Å². The minimum atomic E-state index is 0.523. The standard InChI is InChI=1S/C40H26/c1-2-13-28(14-3-1)39-35-16-6-8-18-37(35)40(38-19-9-7-17-36(38)39)34-23-11-21-32-31(20-10-22-33(32)34)30-25-24-27-12-4-5-15-29(27)26-30/h1-26H/i2D. The zero-order chi connectivity index (χ0) is 27.3. The normalized spacial score (nSPS) is 11.8. The van der Waals surface area contributed by atoms with Gasteiger partial charge in [0.2, 0.25) is 0 Å². The van der Waals surface area contributed by atoms with E-state index >= 15 is 0 Å². The van der Waals surface area contributed by atoms with Crippen molar-refractivity contribution in [1.29, 1.82) is 0 Å². The average Bonchev–Trinajstić information content (AvgIpc) is 3.03. The first kappa shape index (κ1) is 21.7. The summed E-state index contributed by atoms with van der Waals surface area (Å²) in [4.78, 5) is 0. The predicted octanol–water partition coefficient (Wildman–Crippen LogP) is 11.3. The second-order valence-electron chi connectivity index (χ2n) is 10.4. The fourth-order valence-electron chi connectivity index (χ4n) is 6.41. The van der Waals surface area contributed by atoms with Gasteiger partial charge in [-0.2, -0.15) is 0 Å². The van der Waals surface area contributed by atoms with E-state index in [1.54, 1.807) is 0 Å². The lowest BCUT2D eigenvalue weighted by Crippen LogP contribution is -1.92. The van der Waals surface area contributed by atoms with Gasteiger partial charge in [0.05, 0.1) is 1.37 Å². The Morgan fingerprint density at radius 1 is 0.325 bits per heavy atom. The SMILES string of the molecule is [2H]c1cccc(-c2c3ccccc3c(-c3cccc4c(-c5ccc6ccccc6c5)cccc34)c3ccccc23)c1. The van der Waals surface area contributed by atoms with Crippen molar-refractivity contribution in [2.24, 2.45) is 0 Å². The van der Waals surface area contributed by atoms with Gasteiger partial charge in [-0.3, -0.25) is 0 Å². The van der Waals surface area contributed by atoms with Crippen LogP contribution in [0.3, 0.4) is 0 Å². The molecule has 8 aromatic rings. The van der Waals surface area contributed by atoms with Gasteiger partial charge in [0.25, 0.3) is 0 Å². The maximum Gasteiger partial charge on any atom is 0.0623 e. The maximum absolute atomic E-state index is 8.30. The van der Waals surface area contributed by atoms with Crippen LogP contribution in [-0.4, -0.2) is 0 Å². The molecule has 0 aliphatic rings. The van der Waals surface area contributed by atoms with Crippen LogP contribution in [0.1, 0.15) is 1.37 Å². The molecule has 0 N–H and O–H groups in total. The maximum atomic E-state index is 8.30. The molecule has 0 aliphatic carbocycles. The Labute approximate surface area is 235 Å². The molecule has 186 valence electrons. The summed E-state index contributed by atoms with van der Waals surface area (Å²) < 4.78 is 8.30. The van der Waals surface area contributed by atoms with Crippen LogP contribution in [0.4, 0.5) is 0 Å². The van der Waals surface area contributed by atoms with Crippen molar-refractivity contribution >= 4 is 43.1 Å². The van der Waals surface area contributed by atoms with Crippen molar-refractivity contribution in [2.75, 3.05) is 0 Å². The van der Waals surface area contributed by atoms with Crippen LogP contribution in [-0.2, 0) is 0 Å². The number of hydrogen-bond acceptors (Lipinski definition) is 0. The lowest BCUT2D eigenvalue weighted by Gasteiger charge is -2.19. The second kappa shape index (κ2) is 9.22. The van der Waals surface area contributed by atoms with E-state index < -0.39 is 0 Å². The topological polar surface area (TPSA) is 0 Å². The third kappa shape index (κ3) is 3.54. The molecular weight excluding hydrogens is 480 g/mol. The molecule has 8 rings (SSSR count). The van der Waals surface area contributed by atoms with E-state index in [1.165, 1.54) is 70.9 Å². The predicted molar refractivity (Wildman–Crippen MR) is 173 cm³/mol. The number of rotatable bonds is 3. The Kier molecular flexibility index (Phi) is 5.00. The summed E-state index contributed by atoms with van der Waals surface area (Å²) in [5, 5.41) is 9.85. The van der Waals surface area contributed by atoms with Crippen LogP contribution in [0.5, 0.6) is 0 Å². The van der Waals surface area contributed by atoms with Crippen molar-refractivity contribution in [3.63, 3.8) is 0 Å². The quantitative estimate of drug-likeness (QED) is 0.209. The van der Waals surface area contributed by atoms with Gasteiger partial charge < -0.3 is 0 Å². The average molecular weight is 508 g/mol. The molecule has 0 unspecified atom stereocenters. The first-order valence-electron chi connectivity index (χ1n) is 14.3. The summed E-state index contributed by atoms with van der Waals surface area (Å²) in [6, 6.07) is 54.6. The molecule has 0 spiro atoms. The first-order chi connectivity index (χ1) is 20.3. The molecule has 0 heteroatoms. The Morgan fingerprint density at radius 3 is 1.57 bits per heavy atom. The third-order valence-corrected chi connectivity index (χ3v) is 8.18. The fourth-order valence-corrected chi connectivity index (χ4v) is 6.41. The highest BCUT2D eigenvalue weighted by Crippen LogP contribution is 2.46. The highest BCUT2D eigenvalue weighted by Gasteiger charge is 2.18. The molecule has 0 aliphatic heterocycles. The van der Waals surface area contributed by atoms with E-state index in [4.69, 9.17) is 1.37 Å². The Balaban J connectivity index is 1.45. The largest absolute Gasteiger partial charge is 0.0623 e. The Morgan fingerprint density at radius 2 is 0.875 bits per heavy atom. The zero-order valence-corrected chi connectivity index (χ0v) is 21.9. The molecule has 0 saturated heterocycles. The lowest BCUT2D eigenvalue weighted by atomic mass is 9.84. The molecule has 0 atom stereocenters. The van der Waals surface area contributed by atoms with Crippen molar-refractivity contribution in [3.8, 4) is 33.4 Å². The molecule has 0 fully saturated rings. The van der Waals surface area contributed by atoms with Crippen LogP contribution < -0.4 is 0 Å². The summed E-state index contributed by atoms with van der Waals surface area (Å²) >= 11 is 0. The Hall–Kier alpha value is -5.20. The summed E-state index contributed by atoms with van der Waals surface area (Å²) in [6.45, 7) is 0. The number of hydrogen-bond donors (Lipinski definition) is 0. The van der Waals surface area contributed by atoms with Crippen molar-refractivity contribution in [1.82, 2.24) is 0 Å². The van der Waals surface area contributed by atoms with Gasteiger partial charge in [-0.1, -0.05) is 152 Å². The van der Waals surface area contributed by atoms with Crippen molar-refractivity contribution < 1.29 is 1.37 Å². The van der Waals surface area contributed by atoms with Crippen LogP contribution in [0, 0.1) is 0 Å². The van der Waals surface area contributed by atoms with Crippen LogP contribution in [0.15, 0.2) is 158 Å². The van der Waals surface area contributed by atoms with Crippen LogP contribution in [0.2, 0.25) is 0 Å². The third-order valence-electron chi connectivity index (χ3n) is 8.18. The first-order valence-corrected chi connectivity index (χ1v) is 13.8. The summed E-state index contributed by atoms with van der Waals surface area (Å²) in [6.07, 6.45) is 0. The molecule has 40 heavy (non-hydrogen) atoms. The van der Waals surface area contributed by atoms with Gasteiger partial charge in [-0.15, -0.1) is 0 Å². The number of fused-ring (bicyclic) bond motifs is 4. The molecule has 0 bridgehead atoms. The van der Waals surface area contributed by atoms with E-state index in [0.717, 1.165) is 5.56 Å².